The predicted molar refractivity (Wildman–Crippen MR) is 101 cm³/mol. The van der Waals surface area contributed by atoms with Gasteiger partial charge >= 0.3 is 11.7 Å². The first-order valence-corrected chi connectivity index (χ1v) is 8.70. The number of hydrogen-bond donors (Lipinski definition) is 0. The molecule has 1 heterocycles. The van der Waals surface area contributed by atoms with Gasteiger partial charge in [-0.3, -0.25) is 4.79 Å². The Morgan fingerprint density at radius 2 is 1.79 bits per heavy atom. The largest absolute Gasteiger partial charge is 0.490 e. The summed E-state index contributed by atoms with van der Waals surface area (Å²) in [6, 6.07) is 12.5. The molecule has 3 aromatic rings. The summed E-state index contributed by atoms with van der Waals surface area (Å²) in [5, 5.41) is -0.513. The first-order chi connectivity index (χ1) is 13.2. The molecule has 0 bridgehead atoms. The maximum Gasteiger partial charge on any atom is 0.417 e. The molecule has 0 N–H and O–H groups in total. The van der Waals surface area contributed by atoms with E-state index in [0.717, 1.165) is 11.6 Å². The Labute approximate surface area is 164 Å². The number of hydrogen-bond acceptors (Lipinski definition) is 3. The molecule has 28 heavy (non-hydrogen) atoms. The summed E-state index contributed by atoms with van der Waals surface area (Å²) in [5.41, 5.74) is -0.795. The molecule has 1 atom stereocenters. The Bertz CT molecular complexity index is 1050. The Morgan fingerprint density at radius 1 is 1.11 bits per heavy atom. The molecular formula is C20H16ClF3N2O2. The predicted octanol–water partition coefficient (Wildman–Crippen LogP) is 5.20. The number of aromatic nitrogens is 2. The summed E-state index contributed by atoms with van der Waals surface area (Å²) >= 11 is 6.07. The molecule has 0 spiro atoms. The highest BCUT2D eigenvalue weighted by atomic mass is 35.5. The van der Waals surface area contributed by atoms with Gasteiger partial charge in [0.1, 0.15) is 5.82 Å². The summed E-state index contributed by atoms with van der Waals surface area (Å²) in [6.45, 7) is 1.84. The molecule has 0 aliphatic heterocycles. The highest BCUT2D eigenvalue weighted by Gasteiger charge is 2.34. The van der Waals surface area contributed by atoms with Gasteiger partial charge in [-0.05, 0) is 24.6 Å². The minimum atomic E-state index is -4.63. The van der Waals surface area contributed by atoms with E-state index in [0.29, 0.717) is 0 Å². The van der Waals surface area contributed by atoms with Crippen LogP contribution in [0.25, 0.3) is 11.4 Å². The first-order valence-electron chi connectivity index (χ1n) is 8.32. The normalized spacial score (nSPS) is 12.6. The number of ether oxygens (including phenoxy) is 1. The van der Waals surface area contributed by atoms with Crippen molar-refractivity contribution in [3.05, 3.63) is 81.2 Å². The van der Waals surface area contributed by atoms with Gasteiger partial charge in [-0.2, -0.15) is 18.2 Å². The lowest BCUT2D eigenvalue weighted by Gasteiger charge is -2.22. The molecule has 0 saturated heterocycles. The molecule has 0 fully saturated rings. The van der Waals surface area contributed by atoms with Crippen LogP contribution in [0.3, 0.4) is 0 Å². The van der Waals surface area contributed by atoms with Crippen molar-refractivity contribution in [3.63, 3.8) is 0 Å². The van der Waals surface area contributed by atoms with Gasteiger partial charge in [0.2, 0.25) is 5.75 Å². The lowest BCUT2D eigenvalue weighted by atomic mass is 10.1. The van der Waals surface area contributed by atoms with Gasteiger partial charge in [-0.15, -0.1) is 0 Å². The SMILES string of the molecule is COc1cn(C(C)c2ccccc2)c(-c2cccc(C(F)(F)F)c2Cl)nc1=O. The highest BCUT2D eigenvalue weighted by Crippen LogP contribution is 2.40. The van der Waals surface area contributed by atoms with Crippen molar-refractivity contribution >= 4 is 11.6 Å². The molecule has 0 aliphatic rings. The monoisotopic (exact) mass is 408 g/mol. The molecule has 1 unspecified atom stereocenters. The van der Waals surface area contributed by atoms with Gasteiger partial charge in [0.05, 0.1) is 29.9 Å². The van der Waals surface area contributed by atoms with Crippen molar-refractivity contribution < 1.29 is 17.9 Å². The van der Waals surface area contributed by atoms with Crippen LogP contribution in [0.2, 0.25) is 5.02 Å². The third-order valence-corrected chi connectivity index (χ3v) is 4.79. The summed E-state index contributed by atoms with van der Waals surface area (Å²) in [6.07, 6.45) is -3.20. The summed E-state index contributed by atoms with van der Waals surface area (Å²) in [7, 11) is 1.33. The van der Waals surface area contributed by atoms with Gasteiger partial charge < -0.3 is 9.30 Å². The lowest BCUT2D eigenvalue weighted by Crippen LogP contribution is -2.20. The fraction of sp³-hybridized carbons (Fsp3) is 0.200. The first kappa shape index (κ1) is 19.9. The van der Waals surface area contributed by atoms with E-state index in [1.54, 1.807) is 4.57 Å². The van der Waals surface area contributed by atoms with Crippen molar-refractivity contribution in [1.82, 2.24) is 9.55 Å². The summed E-state index contributed by atoms with van der Waals surface area (Å²) < 4.78 is 46.5. The van der Waals surface area contributed by atoms with Crippen LogP contribution in [-0.4, -0.2) is 16.7 Å². The van der Waals surface area contributed by atoms with Crippen LogP contribution in [0, 0.1) is 0 Å². The van der Waals surface area contributed by atoms with Crippen molar-refractivity contribution in [2.45, 2.75) is 19.1 Å². The van der Waals surface area contributed by atoms with E-state index in [2.05, 4.69) is 4.98 Å². The molecule has 146 valence electrons. The van der Waals surface area contributed by atoms with Crippen LogP contribution in [0.1, 0.15) is 24.1 Å². The van der Waals surface area contributed by atoms with Crippen LogP contribution in [0.15, 0.2) is 59.5 Å². The molecule has 1 aromatic heterocycles. The van der Waals surface area contributed by atoms with E-state index < -0.39 is 22.3 Å². The Hall–Kier alpha value is -2.80. The van der Waals surface area contributed by atoms with E-state index in [1.807, 2.05) is 37.3 Å². The molecule has 8 heteroatoms. The molecular weight excluding hydrogens is 393 g/mol. The minimum Gasteiger partial charge on any atom is -0.490 e. The molecule has 0 radical (unpaired) electrons. The van der Waals surface area contributed by atoms with E-state index in [4.69, 9.17) is 16.3 Å². The van der Waals surface area contributed by atoms with Crippen molar-refractivity contribution in [1.29, 1.82) is 0 Å². The van der Waals surface area contributed by atoms with Crippen molar-refractivity contribution in [3.8, 4) is 17.1 Å². The number of nitrogens with zero attached hydrogens (tertiary/aromatic N) is 2. The van der Waals surface area contributed by atoms with Crippen LogP contribution in [0.4, 0.5) is 13.2 Å². The molecule has 0 saturated carbocycles. The van der Waals surface area contributed by atoms with E-state index in [1.165, 1.54) is 25.4 Å². The second-order valence-electron chi connectivity index (χ2n) is 6.10. The van der Waals surface area contributed by atoms with Crippen LogP contribution < -0.4 is 10.3 Å². The summed E-state index contributed by atoms with van der Waals surface area (Å²) in [5.74, 6) is 0.00730. The zero-order chi connectivity index (χ0) is 20.5. The Balaban J connectivity index is 2.27. The van der Waals surface area contributed by atoms with Gasteiger partial charge in [0.25, 0.3) is 0 Å². The Kier molecular flexibility index (Phi) is 5.47. The number of methoxy groups -OCH3 is 1. The van der Waals surface area contributed by atoms with Gasteiger partial charge in [0, 0.05) is 5.56 Å². The molecule has 3 rings (SSSR count). The number of benzene rings is 2. The summed E-state index contributed by atoms with van der Waals surface area (Å²) in [4.78, 5) is 16.2. The topological polar surface area (TPSA) is 44.1 Å². The van der Waals surface area contributed by atoms with E-state index in [9.17, 15) is 18.0 Å². The third-order valence-electron chi connectivity index (χ3n) is 4.38. The third kappa shape index (κ3) is 3.75. The van der Waals surface area contributed by atoms with E-state index >= 15 is 0 Å². The average Bonchev–Trinajstić information content (AvgIpc) is 2.67. The maximum atomic E-state index is 13.3. The minimum absolute atomic E-state index is 0.0130. The van der Waals surface area contributed by atoms with E-state index in [-0.39, 0.29) is 23.2 Å². The highest BCUT2D eigenvalue weighted by molar-refractivity contribution is 6.34. The molecule has 0 aliphatic carbocycles. The zero-order valence-corrected chi connectivity index (χ0v) is 15.8. The standard InChI is InChI=1S/C20H16ClF3N2O2/c1-12(13-7-4-3-5-8-13)26-11-16(28-2)19(27)25-18(26)14-9-6-10-15(17(14)21)20(22,23)24/h3-12H,1-2H3. The van der Waals surface area contributed by atoms with Gasteiger partial charge in [0.15, 0.2) is 0 Å². The van der Waals surface area contributed by atoms with Crippen LogP contribution in [0.5, 0.6) is 5.75 Å². The van der Waals surface area contributed by atoms with Gasteiger partial charge in [-0.1, -0.05) is 48.0 Å². The fourth-order valence-corrected chi connectivity index (χ4v) is 3.22. The zero-order valence-electron chi connectivity index (χ0n) is 15.0. The number of alkyl halides is 3. The second-order valence-corrected chi connectivity index (χ2v) is 6.47. The molecule has 0 amide bonds. The van der Waals surface area contributed by atoms with Crippen LogP contribution in [-0.2, 0) is 6.18 Å². The smallest absolute Gasteiger partial charge is 0.417 e. The Morgan fingerprint density at radius 3 is 2.39 bits per heavy atom. The second kappa shape index (κ2) is 7.67. The average molecular weight is 409 g/mol. The van der Waals surface area contributed by atoms with Crippen molar-refractivity contribution in [2.24, 2.45) is 0 Å². The van der Waals surface area contributed by atoms with Crippen LogP contribution >= 0.6 is 11.6 Å². The van der Waals surface area contributed by atoms with Crippen molar-refractivity contribution in [2.75, 3.05) is 7.11 Å². The van der Waals surface area contributed by atoms with Gasteiger partial charge in [-0.25, -0.2) is 0 Å². The molecule has 4 nitrogen and oxygen atoms in total. The molecule has 2 aromatic carbocycles. The number of rotatable bonds is 4. The number of halogens is 4. The fourth-order valence-electron chi connectivity index (χ4n) is 2.90. The lowest BCUT2D eigenvalue weighted by molar-refractivity contribution is -0.137. The quantitative estimate of drug-likeness (QED) is 0.596. The maximum absolute atomic E-state index is 13.3.